The number of rotatable bonds is 8. The van der Waals surface area contributed by atoms with Gasteiger partial charge in [-0.25, -0.2) is 0 Å². The third-order valence-corrected chi connectivity index (χ3v) is 4.12. The van der Waals surface area contributed by atoms with Gasteiger partial charge in [0.1, 0.15) is 5.75 Å². The van der Waals surface area contributed by atoms with Crippen LogP contribution >= 0.6 is 11.6 Å². The van der Waals surface area contributed by atoms with Crippen LogP contribution in [0.1, 0.15) is 17.2 Å². The molecule has 0 spiro atoms. The molecule has 24 heavy (non-hydrogen) atoms. The van der Waals surface area contributed by atoms with Crippen LogP contribution in [0.4, 0.5) is 0 Å². The predicted octanol–water partition coefficient (Wildman–Crippen LogP) is 2.95. The van der Waals surface area contributed by atoms with Gasteiger partial charge < -0.3 is 20.1 Å². The van der Waals surface area contributed by atoms with E-state index in [2.05, 4.69) is 5.32 Å². The molecule has 0 aromatic heterocycles. The quantitative estimate of drug-likeness (QED) is 0.770. The Labute approximate surface area is 149 Å². The van der Waals surface area contributed by atoms with Crippen molar-refractivity contribution in [3.8, 4) is 5.75 Å². The Balaban J connectivity index is 2.26. The fraction of sp³-hybridized carbons (Fsp3) is 0.368. The monoisotopic (exact) mass is 348 g/mol. The molecular formula is C19H25ClN2O2. The maximum Gasteiger partial charge on any atom is 0.119 e. The molecule has 2 unspecified atom stereocenters. The topological polar surface area (TPSA) is 44.7 Å². The average molecular weight is 349 g/mol. The van der Waals surface area contributed by atoms with Crippen LogP contribution in [0.3, 0.4) is 0 Å². The molecule has 2 atom stereocenters. The van der Waals surface area contributed by atoms with Crippen molar-refractivity contribution in [2.75, 3.05) is 34.3 Å². The van der Waals surface area contributed by atoms with Crippen LogP contribution in [0.5, 0.6) is 5.75 Å². The molecule has 0 aliphatic rings. The van der Waals surface area contributed by atoms with Crippen LogP contribution in [0.25, 0.3) is 0 Å². The number of benzene rings is 2. The average Bonchev–Trinajstić information content (AvgIpc) is 2.56. The van der Waals surface area contributed by atoms with E-state index in [-0.39, 0.29) is 6.04 Å². The Kier molecular flexibility index (Phi) is 7.06. The van der Waals surface area contributed by atoms with E-state index in [9.17, 15) is 5.11 Å². The maximum atomic E-state index is 10.2. The maximum absolute atomic E-state index is 10.2. The van der Waals surface area contributed by atoms with Gasteiger partial charge >= 0.3 is 0 Å². The van der Waals surface area contributed by atoms with Gasteiger partial charge in [-0.05, 0) is 43.4 Å². The van der Waals surface area contributed by atoms with Crippen molar-refractivity contribution in [2.45, 2.75) is 12.1 Å². The van der Waals surface area contributed by atoms with E-state index in [1.165, 1.54) is 0 Å². The van der Waals surface area contributed by atoms with Crippen molar-refractivity contribution in [2.24, 2.45) is 0 Å². The molecule has 2 N–H and O–H groups in total. The van der Waals surface area contributed by atoms with Gasteiger partial charge in [-0.15, -0.1) is 0 Å². The van der Waals surface area contributed by atoms with E-state index in [0.717, 1.165) is 16.9 Å². The van der Waals surface area contributed by atoms with E-state index in [1.54, 1.807) is 7.11 Å². The molecule has 2 rings (SSSR count). The number of ether oxygens (including phenoxy) is 1. The number of hydrogen-bond donors (Lipinski definition) is 2. The summed E-state index contributed by atoms with van der Waals surface area (Å²) in [6, 6.07) is 15.5. The number of methoxy groups -OCH3 is 1. The fourth-order valence-electron chi connectivity index (χ4n) is 2.68. The number of aliphatic hydroxyl groups excluding tert-OH is 1. The number of aliphatic hydroxyl groups is 1. The Hall–Kier alpha value is -1.59. The van der Waals surface area contributed by atoms with Crippen molar-refractivity contribution in [1.29, 1.82) is 0 Å². The SMILES string of the molecule is COc1cccc(C(NCC(O)CN(C)C)c2ccccc2Cl)c1. The number of hydrogen-bond acceptors (Lipinski definition) is 4. The Morgan fingerprint density at radius 3 is 2.58 bits per heavy atom. The molecule has 5 heteroatoms. The van der Waals surface area contributed by atoms with Crippen LogP contribution < -0.4 is 10.1 Å². The lowest BCUT2D eigenvalue weighted by Gasteiger charge is -2.24. The standard InChI is InChI=1S/C19H25ClN2O2/c1-22(2)13-15(23)12-21-19(17-9-4-5-10-18(17)20)14-7-6-8-16(11-14)24-3/h4-11,15,19,21,23H,12-13H2,1-3H3. The van der Waals surface area contributed by atoms with Crippen LogP contribution in [-0.2, 0) is 0 Å². The van der Waals surface area contributed by atoms with Crippen molar-refractivity contribution < 1.29 is 9.84 Å². The summed E-state index contributed by atoms with van der Waals surface area (Å²) in [5, 5.41) is 14.3. The van der Waals surface area contributed by atoms with Crippen molar-refractivity contribution >= 4 is 11.6 Å². The lowest BCUT2D eigenvalue weighted by Crippen LogP contribution is -2.37. The molecular weight excluding hydrogens is 324 g/mol. The normalized spacial score (nSPS) is 13.8. The van der Waals surface area contributed by atoms with Gasteiger partial charge in [0.2, 0.25) is 0 Å². The molecule has 0 fully saturated rings. The third kappa shape index (κ3) is 5.21. The molecule has 0 amide bonds. The molecule has 0 saturated heterocycles. The van der Waals surface area contributed by atoms with E-state index in [0.29, 0.717) is 18.1 Å². The summed E-state index contributed by atoms with van der Waals surface area (Å²) >= 11 is 6.40. The zero-order chi connectivity index (χ0) is 17.5. The molecule has 0 aliphatic heterocycles. The summed E-state index contributed by atoms with van der Waals surface area (Å²) in [4.78, 5) is 1.96. The van der Waals surface area contributed by atoms with Gasteiger partial charge in [0.15, 0.2) is 0 Å². The second kappa shape index (κ2) is 9.04. The molecule has 4 nitrogen and oxygen atoms in total. The first-order valence-electron chi connectivity index (χ1n) is 7.96. The van der Waals surface area contributed by atoms with Crippen LogP contribution in [0, 0.1) is 0 Å². The van der Waals surface area contributed by atoms with Gasteiger partial charge in [-0.3, -0.25) is 0 Å². The zero-order valence-electron chi connectivity index (χ0n) is 14.4. The lowest BCUT2D eigenvalue weighted by atomic mass is 9.98. The molecule has 2 aromatic carbocycles. The Morgan fingerprint density at radius 2 is 1.92 bits per heavy atom. The second-order valence-electron chi connectivity index (χ2n) is 6.06. The first-order valence-corrected chi connectivity index (χ1v) is 8.33. The highest BCUT2D eigenvalue weighted by Crippen LogP contribution is 2.30. The molecule has 0 heterocycles. The predicted molar refractivity (Wildman–Crippen MR) is 98.9 cm³/mol. The van der Waals surface area contributed by atoms with Gasteiger partial charge in [0.25, 0.3) is 0 Å². The number of nitrogens with one attached hydrogen (secondary N) is 1. The zero-order valence-corrected chi connectivity index (χ0v) is 15.1. The second-order valence-corrected chi connectivity index (χ2v) is 6.46. The molecule has 0 saturated carbocycles. The highest BCUT2D eigenvalue weighted by Gasteiger charge is 2.18. The van der Waals surface area contributed by atoms with Crippen LogP contribution in [-0.4, -0.2) is 50.4 Å². The molecule has 0 bridgehead atoms. The summed E-state index contributed by atoms with van der Waals surface area (Å²) in [6.45, 7) is 1.06. The van der Waals surface area contributed by atoms with E-state index in [4.69, 9.17) is 16.3 Å². The molecule has 2 aromatic rings. The van der Waals surface area contributed by atoms with Gasteiger partial charge in [-0.1, -0.05) is 41.9 Å². The molecule has 130 valence electrons. The smallest absolute Gasteiger partial charge is 0.119 e. The highest BCUT2D eigenvalue weighted by atomic mass is 35.5. The molecule has 0 radical (unpaired) electrons. The van der Waals surface area contributed by atoms with Gasteiger partial charge in [-0.2, -0.15) is 0 Å². The number of nitrogens with zero attached hydrogens (tertiary/aromatic N) is 1. The Bertz CT molecular complexity index is 649. The molecule has 0 aliphatic carbocycles. The van der Waals surface area contributed by atoms with E-state index < -0.39 is 6.10 Å². The minimum Gasteiger partial charge on any atom is -0.497 e. The highest BCUT2D eigenvalue weighted by molar-refractivity contribution is 6.31. The van der Waals surface area contributed by atoms with Gasteiger partial charge in [0.05, 0.1) is 19.3 Å². The number of likely N-dealkylation sites (N-methyl/N-ethyl adjacent to an activating group) is 1. The summed E-state index contributed by atoms with van der Waals surface area (Å²) in [6.07, 6.45) is -0.462. The summed E-state index contributed by atoms with van der Waals surface area (Å²) in [7, 11) is 5.53. The van der Waals surface area contributed by atoms with E-state index in [1.807, 2.05) is 67.5 Å². The first kappa shape index (κ1) is 18.7. The minimum atomic E-state index is -0.462. The van der Waals surface area contributed by atoms with Gasteiger partial charge in [0, 0.05) is 18.1 Å². The van der Waals surface area contributed by atoms with Crippen LogP contribution in [0.15, 0.2) is 48.5 Å². The van der Waals surface area contributed by atoms with Crippen molar-refractivity contribution in [3.05, 3.63) is 64.7 Å². The van der Waals surface area contributed by atoms with Crippen molar-refractivity contribution in [1.82, 2.24) is 10.2 Å². The van der Waals surface area contributed by atoms with Crippen LogP contribution in [0.2, 0.25) is 5.02 Å². The minimum absolute atomic E-state index is 0.120. The third-order valence-electron chi connectivity index (χ3n) is 3.78. The lowest BCUT2D eigenvalue weighted by molar-refractivity contribution is 0.133. The summed E-state index contributed by atoms with van der Waals surface area (Å²) in [5.74, 6) is 0.792. The largest absolute Gasteiger partial charge is 0.497 e. The first-order chi connectivity index (χ1) is 11.5. The van der Waals surface area contributed by atoms with Crippen molar-refractivity contribution in [3.63, 3.8) is 0 Å². The Morgan fingerprint density at radius 1 is 1.17 bits per heavy atom. The number of halogens is 1. The fourth-order valence-corrected chi connectivity index (χ4v) is 2.92. The van der Waals surface area contributed by atoms with E-state index >= 15 is 0 Å². The summed E-state index contributed by atoms with van der Waals surface area (Å²) in [5.41, 5.74) is 2.02. The summed E-state index contributed by atoms with van der Waals surface area (Å²) < 4.78 is 5.33.